The second-order valence-corrected chi connectivity index (χ2v) is 8.40. The first-order valence-electron chi connectivity index (χ1n) is 7.92. The molecule has 0 amide bonds. The zero-order valence-corrected chi connectivity index (χ0v) is 16.4. The number of fused-ring (bicyclic) bond motifs is 1. The highest BCUT2D eigenvalue weighted by Crippen LogP contribution is 2.40. The summed E-state index contributed by atoms with van der Waals surface area (Å²) in [6, 6.07) is 9.76. The summed E-state index contributed by atoms with van der Waals surface area (Å²) >= 11 is 0. The van der Waals surface area contributed by atoms with Gasteiger partial charge in [0.15, 0.2) is 5.75 Å². The second kappa shape index (κ2) is 7.23. The van der Waals surface area contributed by atoms with Crippen LogP contribution in [-0.4, -0.2) is 26.5 Å². The molecule has 10 heteroatoms. The maximum absolute atomic E-state index is 11.4. The Kier molecular flexibility index (Phi) is 5.11. The van der Waals surface area contributed by atoms with Crippen molar-refractivity contribution in [3.8, 4) is 5.75 Å². The Balaban J connectivity index is 2.25. The van der Waals surface area contributed by atoms with Crippen LogP contribution in [0.2, 0.25) is 0 Å². The third kappa shape index (κ3) is 3.84. The molecule has 0 aliphatic rings. The standard InChI is InChI=1S/C18H15N2O6S2/c1-10-3-4-13(7-11(10)2)19-20-17-15-6-5-14(28(24,25)26)8-12(15)9-16(18(17)21)27(22)23/h3-9,21H,1-2H3,(H,24,25,26)/p-1. The number of hydrogen-bond acceptors (Lipinski definition) is 8. The molecule has 0 aliphatic heterocycles. The fourth-order valence-electron chi connectivity index (χ4n) is 2.61. The Hall–Kier alpha value is -2.95. The quantitative estimate of drug-likeness (QED) is 0.506. The Morgan fingerprint density at radius 1 is 0.964 bits per heavy atom. The summed E-state index contributed by atoms with van der Waals surface area (Å²) in [7, 11) is -7.55. The Morgan fingerprint density at radius 2 is 1.68 bits per heavy atom. The fourth-order valence-corrected chi connectivity index (χ4v) is 3.59. The number of hydrogen-bond donors (Lipinski definition) is 1. The molecular weight excluding hydrogens is 404 g/mol. The van der Waals surface area contributed by atoms with Crippen molar-refractivity contribution in [3.05, 3.63) is 53.6 Å². The molecule has 3 aromatic carbocycles. The van der Waals surface area contributed by atoms with E-state index in [-0.39, 0.29) is 16.5 Å². The highest BCUT2D eigenvalue weighted by atomic mass is 32.2. The first-order valence-corrected chi connectivity index (χ1v) is 10.4. The van der Waals surface area contributed by atoms with Crippen LogP contribution < -0.4 is 0 Å². The summed E-state index contributed by atoms with van der Waals surface area (Å²) in [5, 5.41) is 18.7. The van der Waals surface area contributed by atoms with E-state index < -0.39 is 36.4 Å². The van der Waals surface area contributed by atoms with Crippen molar-refractivity contribution in [2.24, 2.45) is 10.2 Å². The van der Waals surface area contributed by atoms with Crippen LogP contribution in [0.15, 0.2) is 62.5 Å². The van der Waals surface area contributed by atoms with E-state index in [0.29, 0.717) is 5.69 Å². The lowest BCUT2D eigenvalue weighted by molar-refractivity contribution is 0.462. The monoisotopic (exact) mass is 418 g/mol. The smallest absolute Gasteiger partial charge is 0.225 e. The van der Waals surface area contributed by atoms with E-state index >= 15 is 0 Å². The number of rotatable bonds is 4. The topological polar surface area (TPSA) is 136 Å². The summed E-state index contributed by atoms with van der Waals surface area (Å²) in [6.45, 7) is 3.83. The molecule has 3 aromatic rings. The SMILES string of the molecule is Cc1ccc(N=Nc2c(O)c([S](=O)=O)cc3cc(S(=O)(=O)[O-])ccc23)cc1C. The molecule has 0 aliphatic carbocycles. The van der Waals surface area contributed by atoms with Gasteiger partial charge >= 0.3 is 0 Å². The molecule has 28 heavy (non-hydrogen) atoms. The van der Waals surface area contributed by atoms with Crippen LogP contribution >= 0.6 is 0 Å². The largest absolute Gasteiger partial charge is 0.744 e. The van der Waals surface area contributed by atoms with Gasteiger partial charge in [-0.2, -0.15) is 13.5 Å². The summed E-state index contributed by atoms with van der Waals surface area (Å²) < 4.78 is 56.6. The maximum atomic E-state index is 11.4. The highest BCUT2D eigenvalue weighted by Gasteiger charge is 2.17. The van der Waals surface area contributed by atoms with E-state index in [1.54, 1.807) is 12.1 Å². The van der Waals surface area contributed by atoms with Crippen molar-refractivity contribution >= 4 is 43.0 Å². The molecule has 0 saturated heterocycles. The van der Waals surface area contributed by atoms with Gasteiger partial charge in [-0.1, -0.05) is 12.1 Å². The van der Waals surface area contributed by atoms with Gasteiger partial charge < -0.3 is 9.66 Å². The Labute approximate surface area is 162 Å². The zero-order chi connectivity index (χ0) is 20.6. The lowest BCUT2D eigenvalue weighted by Crippen LogP contribution is -1.98. The van der Waals surface area contributed by atoms with Crippen LogP contribution in [0.4, 0.5) is 11.4 Å². The van der Waals surface area contributed by atoms with Gasteiger partial charge in [-0.15, -0.1) is 5.11 Å². The van der Waals surface area contributed by atoms with Gasteiger partial charge in [-0.05, 0) is 60.7 Å². The molecule has 0 saturated carbocycles. The molecular formula is C18H14N2O6S2-. The summed E-state index contributed by atoms with van der Waals surface area (Å²) in [5.41, 5.74) is 2.38. The van der Waals surface area contributed by atoms with Crippen molar-refractivity contribution < 1.29 is 26.5 Å². The number of aryl methyl sites for hydroxylation is 2. The van der Waals surface area contributed by atoms with Crippen molar-refractivity contribution in [1.29, 1.82) is 0 Å². The van der Waals surface area contributed by atoms with Crippen molar-refractivity contribution in [1.82, 2.24) is 0 Å². The minimum atomic E-state index is -4.74. The van der Waals surface area contributed by atoms with Crippen LogP contribution in [0.5, 0.6) is 5.75 Å². The van der Waals surface area contributed by atoms with E-state index in [4.69, 9.17) is 0 Å². The molecule has 0 unspecified atom stereocenters. The van der Waals surface area contributed by atoms with E-state index in [2.05, 4.69) is 10.2 Å². The van der Waals surface area contributed by atoms with Gasteiger partial charge in [0.05, 0.1) is 10.6 Å². The van der Waals surface area contributed by atoms with E-state index in [1.165, 1.54) is 6.07 Å². The molecule has 0 fully saturated rings. The van der Waals surface area contributed by atoms with Gasteiger partial charge in [-0.25, -0.2) is 8.42 Å². The molecule has 0 spiro atoms. The number of benzene rings is 3. The third-order valence-electron chi connectivity index (χ3n) is 4.25. The Bertz CT molecular complexity index is 1300. The van der Waals surface area contributed by atoms with Crippen LogP contribution in [0.1, 0.15) is 11.1 Å². The predicted molar refractivity (Wildman–Crippen MR) is 101 cm³/mol. The average Bonchev–Trinajstić information content (AvgIpc) is 2.62. The molecule has 145 valence electrons. The average molecular weight is 418 g/mol. The van der Waals surface area contributed by atoms with Crippen LogP contribution in [0.3, 0.4) is 0 Å². The highest BCUT2D eigenvalue weighted by molar-refractivity contribution is 7.85. The number of azo groups is 1. The van der Waals surface area contributed by atoms with Gasteiger partial charge in [0, 0.05) is 5.39 Å². The third-order valence-corrected chi connectivity index (χ3v) is 5.75. The molecule has 0 atom stereocenters. The number of aromatic hydroxyl groups is 1. The van der Waals surface area contributed by atoms with E-state index in [9.17, 15) is 26.5 Å². The minimum Gasteiger partial charge on any atom is -0.744 e. The fraction of sp³-hybridized carbons (Fsp3) is 0.111. The van der Waals surface area contributed by atoms with Crippen LogP contribution in [0, 0.1) is 13.8 Å². The van der Waals surface area contributed by atoms with Crippen molar-refractivity contribution in [2.75, 3.05) is 0 Å². The number of phenolic OH excluding ortho intramolecular Hbond substituents is 1. The maximum Gasteiger partial charge on any atom is 0.225 e. The normalized spacial score (nSPS) is 12.0. The summed E-state index contributed by atoms with van der Waals surface area (Å²) in [5.74, 6) is -0.619. The minimum absolute atomic E-state index is 0.114. The van der Waals surface area contributed by atoms with Crippen molar-refractivity contribution in [2.45, 2.75) is 23.6 Å². The molecule has 1 radical (unpaired) electrons. The lowest BCUT2D eigenvalue weighted by atomic mass is 10.1. The van der Waals surface area contributed by atoms with Gasteiger partial charge in [0.2, 0.25) is 10.7 Å². The summed E-state index contributed by atoms with van der Waals surface area (Å²) in [6.07, 6.45) is 0. The Morgan fingerprint density at radius 3 is 2.29 bits per heavy atom. The van der Waals surface area contributed by atoms with Crippen LogP contribution in [-0.2, 0) is 20.8 Å². The van der Waals surface area contributed by atoms with Gasteiger partial charge in [0.25, 0.3) is 0 Å². The zero-order valence-electron chi connectivity index (χ0n) is 14.7. The molecule has 0 aromatic heterocycles. The summed E-state index contributed by atoms with van der Waals surface area (Å²) in [4.78, 5) is -1.01. The molecule has 1 N–H and O–H groups in total. The van der Waals surface area contributed by atoms with Crippen LogP contribution in [0.25, 0.3) is 10.8 Å². The number of phenols is 1. The van der Waals surface area contributed by atoms with Crippen molar-refractivity contribution in [3.63, 3.8) is 0 Å². The van der Waals surface area contributed by atoms with E-state index in [1.807, 2.05) is 19.9 Å². The molecule has 0 bridgehead atoms. The van der Waals surface area contributed by atoms with E-state index in [0.717, 1.165) is 29.3 Å². The first-order chi connectivity index (χ1) is 13.1. The second-order valence-electron chi connectivity index (χ2n) is 6.11. The van der Waals surface area contributed by atoms with Gasteiger partial charge in [0.1, 0.15) is 20.7 Å². The molecule has 8 nitrogen and oxygen atoms in total. The van der Waals surface area contributed by atoms with Gasteiger partial charge in [-0.3, -0.25) is 0 Å². The first kappa shape index (κ1) is 19.8. The molecule has 3 rings (SSSR count). The predicted octanol–water partition coefficient (Wildman–Crippen LogP) is 3.72. The lowest BCUT2D eigenvalue weighted by Gasteiger charge is -2.10. The molecule has 0 heterocycles. The number of nitrogens with zero attached hydrogens (tertiary/aromatic N) is 2.